The SMILES string of the molecule is CCOP(=O)(CCNC(=O)c1ccc(NC(=O)[C@H](Cc2ccccc2)NC(=O)C=Cc2cc(Cl)ccc2-n2cnnn2)cc1)OCC. The number of nitrogens with one attached hydrogen (secondary N) is 3. The van der Waals surface area contributed by atoms with Crippen LogP contribution in [0.5, 0.6) is 0 Å². The summed E-state index contributed by atoms with van der Waals surface area (Å²) in [5, 5.41) is 20.0. The van der Waals surface area contributed by atoms with Crippen LogP contribution in [0.25, 0.3) is 11.8 Å². The van der Waals surface area contributed by atoms with Gasteiger partial charge < -0.3 is 25.0 Å². The van der Waals surface area contributed by atoms with E-state index in [0.29, 0.717) is 27.5 Å². The molecule has 4 rings (SSSR count). The lowest BCUT2D eigenvalue weighted by Crippen LogP contribution is -2.44. The van der Waals surface area contributed by atoms with Crippen LogP contribution in [0.3, 0.4) is 0 Å². The Bertz CT molecular complexity index is 1710. The van der Waals surface area contributed by atoms with Crippen molar-refractivity contribution in [1.82, 2.24) is 30.8 Å². The molecule has 0 saturated heterocycles. The molecule has 0 radical (unpaired) electrons. The van der Waals surface area contributed by atoms with E-state index in [4.69, 9.17) is 20.6 Å². The van der Waals surface area contributed by atoms with Gasteiger partial charge in [-0.1, -0.05) is 41.9 Å². The largest absolute Gasteiger partial charge is 0.351 e. The number of aromatic nitrogens is 4. The lowest BCUT2D eigenvalue weighted by atomic mass is 10.0. The maximum atomic E-state index is 13.4. The van der Waals surface area contributed by atoms with Crippen molar-refractivity contribution in [2.45, 2.75) is 26.3 Å². The minimum atomic E-state index is -3.28. The van der Waals surface area contributed by atoms with Crippen LogP contribution in [0.4, 0.5) is 5.69 Å². The van der Waals surface area contributed by atoms with E-state index < -0.39 is 25.5 Å². The van der Waals surface area contributed by atoms with Gasteiger partial charge in [-0.05, 0) is 78.4 Å². The minimum absolute atomic E-state index is 0.0395. The maximum Gasteiger partial charge on any atom is 0.332 e. The van der Waals surface area contributed by atoms with Crippen LogP contribution in [0.2, 0.25) is 5.02 Å². The summed E-state index contributed by atoms with van der Waals surface area (Å²) in [6.07, 6.45) is 4.56. The van der Waals surface area contributed by atoms with Gasteiger partial charge in [-0.15, -0.1) is 5.10 Å². The van der Waals surface area contributed by atoms with E-state index in [0.717, 1.165) is 5.56 Å². The summed E-state index contributed by atoms with van der Waals surface area (Å²) in [6, 6.07) is 19.7. The van der Waals surface area contributed by atoms with Gasteiger partial charge in [0.25, 0.3) is 5.91 Å². The van der Waals surface area contributed by atoms with Gasteiger partial charge in [0.05, 0.1) is 25.1 Å². The highest BCUT2D eigenvalue weighted by atomic mass is 35.5. The average molecular weight is 680 g/mol. The van der Waals surface area contributed by atoms with Crippen molar-refractivity contribution >= 4 is 48.7 Å². The molecule has 0 unspecified atom stereocenters. The molecule has 0 spiro atoms. The molecule has 0 aliphatic rings. The van der Waals surface area contributed by atoms with Crippen LogP contribution >= 0.6 is 19.2 Å². The van der Waals surface area contributed by atoms with Crippen LogP contribution in [0.1, 0.15) is 35.3 Å². The third-order valence-electron chi connectivity index (χ3n) is 6.65. The summed E-state index contributed by atoms with van der Waals surface area (Å²) >= 11 is 6.18. The Kier molecular flexibility index (Phi) is 12.9. The molecule has 13 nitrogen and oxygen atoms in total. The van der Waals surface area contributed by atoms with Crippen molar-refractivity contribution in [3.8, 4) is 5.69 Å². The molecule has 1 aromatic heterocycles. The summed E-state index contributed by atoms with van der Waals surface area (Å²) in [5.41, 5.74) is 2.81. The monoisotopic (exact) mass is 679 g/mol. The molecule has 3 aromatic carbocycles. The predicted octanol–water partition coefficient (Wildman–Crippen LogP) is 4.69. The fraction of sp³-hybridized carbons (Fsp3) is 0.250. The second-order valence-electron chi connectivity index (χ2n) is 10.0. The van der Waals surface area contributed by atoms with Crippen molar-refractivity contribution in [2.75, 3.05) is 31.2 Å². The molecule has 3 amide bonds. The zero-order valence-electron chi connectivity index (χ0n) is 25.8. The van der Waals surface area contributed by atoms with E-state index >= 15 is 0 Å². The number of benzene rings is 3. The van der Waals surface area contributed by atoms with Gasteiger partial charge in [-0.2, -0.15) is 4.68 Å². The number of nitrogens with zero attached hydrogens (tertiary/aromatic N) is 4. The topological polar surface area (TPSA) is 166 Å². The van der Waals surface area contributed by atoms with Crippen molar-refractivity contribution in [1.29, 1.82) is 0 Å². The van der Waals surface area contributed by atoms with E-state index in [1.54, 1.807) is 62.4 Å². The zero-order chi connectivity index (χ0) is 33.6. The molecule has 4 aromatic rings. The first-order valence-electron chi connectivity index (χ1n) is 14.8. The number of carbonyl (C=O) groups is 3. The molecule has 0 aliphatic heterocycles. The van der Waals surface area contributed by atoms with E-state index in [2.05, 4.69) is 31.5 Å². The van der Waals surface area contributed by atoms with E-state index in [9.17, 15) is 18.9 Å². The first kappa shape index (κ1) is 35.2. The predicted molar refractivity (Wildman–Crippen MR) is 178 cm³/mol. The van der Waals surface area contributed by atoms with Crippen LogP contribution in [-0.4, -0.2) is 69.9 Å². The number of halogens is 1. The summed E-state index contributed by atoms with van der Waals surface area (Å²) < 4.78 is 24.5. The molecule has 47 heavy (non-hydrogen) atoms. The smallest absolute Gasteiger partial charge is 0.332 e. The Morgan fingerprint density at radius 1 is 1.00 bits per heavy atom. The second-order valence-corrected chi connectivity index (χ2v) is 12.7. The lowest BCUT2D eigenvalue weighted by molar-refractivity contribution is -0.123. The Balaban J connectivity index is 1.41. The van der Waals surface area contributed by atoms with Gasteiger partial charge in [0.15, 0.2) is 0 Å². The number of hydrogen-bond acceptors (Lipinski definition) is 9. The lowest BCUT2D eigenvalue weighted by Gasteiger charge is -2.18. The van der Waals surface area contributed by atoms with E-state index in [-0.39, 0.29) is 38.2 Å². The van der Waals surface area contributed by atoms with Crippen molar-refractivity contribution in [2.24, 2.45) is 0 Å². The first-order chi connectivity index (χ1) is 22.7. The highest BCUT2D eigenvalue weighted by Crippen LogP contribution is 2.47. The first-order valence-corrected chi connectivity index (χ1v) is 16.9. The Morgan fingerprint density at radius 3 is 2.38 bits per heavy atom. The van der Waals surface area contributed by atoms with Crippen LogP contribution in [0.15, 0.2) is 85.2 Å². The summed E-state index contributed by atoms with van der Waals surface area (Å²) in [7, 11) is -3.28. The molecule has 0 saturated carbocycles. The fourth-order valence-corrected chi connectivity index (χ4v) is 6.17. The summed E-state index contributed by atoms with van der Waals surface area (Å²) in [5.74, 6) is -1.34. The highest BCUT2D eigenvalue weighted by Gasteiger charge is 2.24. The van der Waals surface area contributed by atoms with Crippen molar-refractivity contribution < 1.29 is 28.0 Å². The summed E-state index contributed by atoms with van der Waals surface area (Å²) in [6.45, 7) is 4.00. The van der Waals surface area contributed by atoms with Gasteiger partial charge in [0, 0.05) is 40.9 Å². The van der Waals surface area contributed by atoms with Crippen LogP contribution in [-0.2, 0) is 29.6 Å². The molecule has 0 aliphatic carbocycles. The molecular weight excluding hydrogens is 645 g/mol. The zero-order valence-corrected chi connectivity index (χ0v) is 27.5. The van der Waals surface area contributed by atoms with Crippen molar-refractivity contribution in [3.63, 3.8) is 0 Å². The van der Waals surface area contributed by atoms with E-state index in [1.807, 2.05) is 30.3 Å². The molecule has 15 heteroatoms. The molecule has 246 valence electrons. The molecule has 0 bridgehead atoms. The maximum absolute atomic E-state index is 13.4. The van der Waals surface area contributed by atoms with Crippen molar-refractivity contribution in [3.05, 3.63) is 107 Å². The standard InChI is InChI=1S/C32H35ClN7O6P/c1-3-45-47(44,46-4-2)19-18-34-31(42)24-10-14-27(15-11-24)36-32(43)28(20-23-8-6-5-7-9-23)37-30(41)17-12-25-21-26(33)13-16-29(25)40-22-35-38-39-40/h5-17,21-22,28H,3-4,18-20H2,1-2H3,(H,34,42)(H,36,43)(H,37,41)/t28-/m0/s1. The number of carbonyl (C=O) groups excluding carboxylic acids is 3. The fourth-order valence-electron chi connectivity index (χ4n) is 4.49. The number of rotatable bonds is 16. The van der Waals surface area contributed by atoms with Crippen LogP contribution in [0, 0.1) is 0 Å². The second kappa shape index (κ2) is 17.3. The number of tetrazole rings is 1. The highest BCUT2D eigenvalue weighted by molar-refractivity contribution is 7.53. The van der Waals surface area contributed by atoms with Gasteiger partial charge >= 0.3 is 7.60 Å². The Hall–Kier alpha value is -4.68. The molecule has 3 N–H and O–H groups in total. The van der Waals surface area contributed by atoms with Crippen LogP contribution < -0.4 is 16.0 Å². The molecular formula is C32H35ClN7O6P. The van der Waals surface area contributed by atoms with Gasteiger partial charge in [-0.25, -0.2) is 0 Å². The third kappa shape index (κ3) is 10.7. The normalized spacial score (nSPS) is 12.1. The number of anilines is 1. The molecule has 1 atom stereocenters. The molecule has 1 heterocycles. The number of hydrogen-bond donors (Lipinski definition) is 3. The third-order valence-corrected chi connectivity index (χ3v) is 8.96. The quantitative estimate of drug-likeness (QED) is 0.112. The summed E-state index contributed by atoms with van der Waals surface area (Å²) in [4.78, 5) is 39.1. The Morgan fingerprint density at radius 2 is 1.72 bits per heavy atom. The average Bonchev–Trinajstić information content (AvgIpc) is 3.59. The molecule has 0 fully saturated rings. The van der Waals surface area contributed by atoms with Gasteiger partial charge in [0.1, 0.15) is 12.4 Å². The Labute approximate surface area is 277 Å². The van der Waals surface area contributed by atoms with E-state index in [1.165, 1.54) is 17.1 Å². The number of amides is 3. The van der Waals surface area contributed by atoms with Gasteiger partial charge in [-0.3, -0.25) is 18.9 Å². The minimum Gasteiger partial charge on any atom is -0.351 e. The van der Waals surface area contributed by atoms with Gasteiger partial charge in [0.2, 0.25) is 11.8 Å².